The van der Waals surface area contributed by atoms with Crippen molar-refractivity contribution >= 4 is 0 Å². The Kier molecular flexibility index (Phi) is 5.13. The number of rotatable bonds is 6. The minimum Gasteiger partial charge on any atom is -0.490 e. The van der Waals surface area contributed by atoms with Gasteiger partial charge in [-0.1, -0.05) is 18.2 Å². The zero-order chi connectivity index (χ0) is 15.1. The summed E-state index contributed by atoms with van der Waals surface area (Å²) in [7, 11) is 0. The van der Waals surface area contributed by atoms with E-state index in [0.717, 1.165) is 0 Å². The molecule has 5 nitrogen and oxygen atoms in total. The van der Waals surface area contributed by atoms with Gasteiger partial charge in [0.15, 0.2) is 11.5 Å². The fourth-order valence-electron chi connectivity index (χ4n) is 1.92. The van der Waals surface area contributed by atoms with E-state index in [1.807, 2.05) is 13.0 Å². The summed E-state index contributed by atoms with van der Waals surface area (Å²) < 4.78 is 11.3. The molecule has 2 rings (SSSR count). The van der Waals surface area contributed by atoms with E-state index in [0.29, 0.717) is 34.9 Å². The molecule has 0 aliphatic heterocycles. The molecule has 0 saturated heterocycles. The minimum absolute atomic E-state index is 0.144. The topological polar surface area (TPSA) is 75.4 Å². The van der Waals surface area contributed by atoms with Crippen LogP contribution >= 0.6 is 0 Å². The number of pyridine rings is 1. The maximum Gasteiger partial charge on any atom is 0.167 e. The number of aliphatic hydroxyl groups is 1. The predicted octanol–water partition coefficient (Wildman–Crippen LogP) is 2.42. The zero-order valence-electron chi connectivity index (χ0n) is 11.7. The first-order chi connectivity index (χ1) is 10.3. The Balaban J connectivity index is 2.25. The van der Waals surface area contributed by atoms with Crippen LogP contribution in [0, 0.1) is 11.3 Å². The number of para-hydroxylation sites is 1. The lowest BCUT2D eigenvalue weighted by atomic mass is 10.2. The van der Waals surface area contributed by atoms with Crippen molar-refractivity contribution in [2.45, 2.75) is 20.1 Å². The van der Waals surface area contributed by atoms with E-state index in [-0.39, 0.29) is 13.2 Å². The average molecular weight is 284 g/mol. The maximum absolute atomic E-state index is 9.41. The zero-order valence-corrected chi connectivity index (χ0v) is 11.7. The number of hydrogen-bond donors (Lipinski definition) is 1. The van der Waals surface area contributed by atoms with Gasteiger partial charge in [-0.25, -0.2) is 4.98 Å². The second-order valence-electron chi connectivity index (χ2n) is 4.25. The third kappa shape index (κ3) is 3.50. The molecule has 0 aliphatic rings. The van der Waals surface area contributed by atoms with Gasteiger partial charge in [0, 0.05) is 17.3 Å². The van der Waals surface area contributed by atoms with Crippen LogP contribution in [0.25, 0.3) is 0 Å². The van der Waals surface area contributed by atoms with Gasteiger partial charge >= 0.3 is 0 Å². The molecule has 21 heavy (non-hydrogen) atoms. The van der Waals surface area contributed by atoms with Gasteiger partial charge in [0.2, 0.25) is 0 Å². The Morgan fingerprint density at radius 1 is 1.19 bits per heavy atom. The highest BCUT2D eigenvalue weighted by atomic mass is 16.5. The smallest absolute Gasteiger partial charge is 0.167 e. The molecular formula is C16H16N2O3. The highest BCUT2D eigenvalue weighted by molar-refractivity contribution is 5.46. The number of hydrogen-bond acceptors (Lipinski definition) is 5. The molecule has 0 spiro atoms. The Hall–Kier alpha value is -2.58. The van der Waals surface area contributed by atoms with E-state index < -0.39 is 0 Å². The van der Waals surface area contributed by atoms with E-state index in [1.165, 1.54) is 0 Å². The summed E-state index contributed by atoms with van der Waals surface area (Å²) in [5.74, 6) is 1.07. The second-order valence-corrected chi connectivity index (χ2v) is 4.25. The van der Waals surface area contributed by atoms with Crippen LogP contribution in [0.5, 0.6) is 11.5 Å². The third-order valence-corrected chi connectivity index (χ3v) is 2.90. The number of aromatic nitrogens is 1. The van der Waals surface area contributed by atoms with Gasteiger partial charge in [0.05, 0.1) is 13.2 Å². The van der Waals surface area contributed by atoms with E-state index in [1.54, 1.807) is 36.5 Å². The molecule has 1 heterocycles. The van der Waals surface area contributed by atoms with Crippen LogP contribution in [0.15, 0.2) is 36.5 Å². The van der Waals surface area contributed by atoms with E-state index in [2.05, 4.69) is 4.98 Å². The molecule has 1 aromatic heterocycles. The van der Waals surface area contributed by atoms with Crippen LogP contribution in [0.1, 0.15) is 23.7 Å². The molecule has 0 saturated carbocycles. The molecule has 0 unspecified atom stereocenters. The Labute approximate surface area is 123 Å². The van der Waals surface area contributed by atoms with Crippen molar-refractivity contribution in [1.82, 2.24) is 4.98 Å². The average Bonchev–Trinajstić information content (AvgIpc) is 2.54. The second kappa shape index (κ2) is 7.27. The first-order valence-electron chi connectivity index (χ1n) is 6.62. The van der Waals surface area contributed by atoms with Crippen molar-refractivity contribution in [2.75, 3.05) is 6.61 Å². The van der Waals surface area contributed by atoms with Crippen LogP contribution in [0.3, 0.4) is 0 Å². The van der Waals surface area contributed by atoms with Gasteiger partial charge in [0.25, 0.3) is 0 Å². The van der Waals surface area contributed by atoms with Crippen LogP contribution < -0.4 is 9.47 Å². The summed E-state index contributed by atoms with van der Waals surface area (Å²) in [5.41, 5.74) is 1.66. The van der Waals surface area contributed by atoms with Gasteiger partial charge in [-0.05, 0) is 19.1 Å². The molecule has 0 atom stereocenters. The number of aliphatic hydroxyl groups excluding tert-OH is 1. The SMILES string of the molecule is CCOc1cccc(CO)c1OCc1cccnc1C#N. The van der Waals surface area contributed by atoms with Crippen molar-refractivity contribution in [3.8, 4) is 17.6 Å². The molecule has 0 radical (unpaired) electrons. The van der Waals surface area contributed by atoms with Gasteiger partial charge in [-0.3, -0.25) is 0 Å². The summed E-state index contributed by atoms with van der Waals surface area (Å²) in [6.07, 6.45) is 1.56. The number of ether oxygens (including phenoxy) is 2. The predicted molar refractivity (Wildman–Crippen MR) is 76.8 cm³/mol. The van der Waals surface area contributed by atoms with E-state index >= 15 is 0 Å². The number of benzene rings is 1. The van der Waals surface area contributed by atoms with Crippen molar-refractivity contribution in [3.63, 3.8) is 0 Å². The fraction of sp³-hybridized carbons (Fsp3) is 0.250. The molecule has 1 aromatic carbocycles. The number of nitrogens with zero attached hydrogens (tertiary/aromatic N) is 2. The molecule has 0 aliphatic carbocycles. The van der Waals surface area contributed by atoms with Crippen LogP contribution in [0.4, 0.5) is 0 Å². The first kappa shape index (κ1) is 14.8. The van der Waals surface area contributed by atoms with Crippen molar-refractivity contribution in [2.24, 2.45) is 0 Å². The van der Waals surface area contributed by atoms with Crippen LogP contribution in [0.2, 0.25) is 0 Å². The lowest BCUT2D eigenvalue weighted by Crippen LogP contribution is -2.04. The van der Waals surface area contributed by atoms with E-state index in [9.17, 15) is 5.11 Å². The largest absolute Gasteiger partial charge is 0.490 e. The molecule has 0 fully saturated rings. The van der Waals surface area contributed by atoms with Crippen molar-refractivity contribution in [1.29, 1.82) is 5.26 Å². The normalized spacial score (nSPS) is 9.95. The Morgan fingerprint density at radius 3 is 2.71 bits per heavy atom. The lowest BCUT2D eigenvalue weighted by Gasteiger charge is -2.15. The van der Waals surface area contributed by atoms with Gasteiger partial charge in [-0.2, -0.15) is 5.26 Å². The summed E-state index contributed by atoms with van der Waals surface area (Å²) >= 11 is 0. The molecule has 0 bridgehead atoms. The minimum atomic E-state index is -0.144. The highest BCUT2D eigenvalue weighted by Crippen LogP contribution is 2.32. The molecule has 1 N–H and O–H groups in total. The third-order valence-electron chi connectivity index (χ3n) is 2.90. The number of nitriles is 1. The molecule has 5 heteroatoms. The van der Waals surface area contributed by atoms with Gasteiger partial charge in [-0.15, -0.1) is 0 Å². The lowest BCUT2D eigenvalue weighted by molar-refractivity contribution is 0.243. The highest BCUT2D eigenvalue weighted by Gasteiger charge is 2.12. The molecule has 0 amide bonds. The molecule has 2 aromatic rings. The standard InChI is InChI=1S/C16H16N2O3/c1-2-20-15-7-3-5-12(10-19)16(15)21-11-13-6-4-8-18-14(13)9-17/h3-8,19H,2,10-11H2,1H3. The molecule has 108 valence electrons. The van der Waals surface area contributed by atoms with Crippen LogP contribution in [-0.4, -0.2) is 16.7 Å². The van der Waals surface area contributed by atoms with Crippen molar-refractivity contribution in [3.05, 3.63) is 53.3 Å². The molecular weight excluding hydrogens is 268 g/mol. The quantitative estimate of drug-likeness (QED) is 0.881. The first-order valence-corrected chi connectivity index (χ1v) is 6.62. The monoisotopic (exact) mass is 284 g/mol. The summed E-state index contributed by atoms with van der Waals surface area (Å²) in [6.45, 7) is 2.42. The van der Waals surface area contributed by atoms with Gasteiger partial charge < -0.3 is 14.6 Å². The summed E-state index contributed by atoms with van der Waals surface area (Å²) in [4.78, 5) is 3.99. The van der Waals surface area contributed by atoms with Gasteiger partial charge in [0.1, 0.15) is 18.4 Å². The Morgan fingerprint density at radius 2 is 2.00 bits per heavy atom. The van der Waals surface area contributed by atoms with Crippen molar-refractivity contribution < 1.29 is 14.6 Å². The maximum atomic E-state index is 9.41. The summed E-state index contributed by atoms with van der Waals surface area (Å²) in [5, 5.41) is 18.4. The summed E-state index contributed by atoms with van der Waals surface area (Å²) in [6, 6.07) is 10.9. The fourth-order valence-corrected chi connectivity index (χ4v) is 1.92. The van der Waals surface area contributed by atoms with Crippen LogP contribution in [-0.2, 0) is 13.2 Å². The van der Waals surface area contributed by atoms with E-state index in [4.69, 9.17) is 14.7 Å². The Bertz CT molecular complexity index is 650.